The molecule has 5 heteroatoms. The molecule has 0 saturated carbocycles. The topological polar surface area (TPSA) is 57.1 Å². The lowest BCUT2D eigenvalue weighted by molar-refractivity contribution is -0.121. The number of rotatable bonds is 2. The van der Waals surface area contributed by atoms with Crippen LogP contribution in [0.3, 0.4) is 0 Å². The summed E-state index contributed by atoms with van der Waals surface area (Å²) in [5.41, 5.74) is 5.70. The SMILES string of the molecule is CC1N=CCN1c1ccc(C2=NNC(=O)CC2)cc1. The smallest absolute Gasteiger partial charge is 0.240 e. The Morgan fingerprint density at radius 2 is 2.05 bits per heavy atom. The van der Waals surface area contributed by atoms with Gasteiger partial charge in [0.05, 0.1) is 12.3 Å². The Bertz CT molecular complexity index is 547. The van der Waals surface area contributed by atoms with E-state index in [0.29, 0.717) is 12.8 Å². The normalized spacial score (nSPS) is 22.4. The van der Waals surface area contributed by atoms with E-state index in [1.54, 1.807) is 0 Å². The van der Waals surface area contributed by atoms with E-state index >= 15 is 0 Å². The lowest BCUT2D eigenvalue weighted by atomic mass is 10.0. The molecule has 0 bridgehead atoms. The summed E-state index contributed by atoms with van der Waals surface area (Å²) < 4.78 is 0. The summed E-state index contributed by atoms with van der Waals surface area (Å²) in [4.78, 5) is 17.6. The number of amides is 1. The first-order valence-corrected chi connectivity index (χ1v) is 6.48. The van der Waals surface area contributed by atoms with Crippen molar-refractivity contribution in [1.82, 2.24) is 5.43 Å². The fourth-order valence-corrected chi connectivity index (χ4v) is 2.37. The van der Waals surface area contributed by atoms with Gasteiger partial charge in [0.2, 0.25) is 5.91 Å². The van der Waals surface area contributed by atoms with Crippen LogP contribution in [0.4, 0.5) is 5.69 Å². The molecule has 1 aromatic rings. The van der Waals surface area contributed by atoms with Gasteiger partial charge in [-0.3, -0.25) is 9.79 Å². The van der Waals surface area contributed by atoms with Crippen molar-refractivity contribution in [3.63, 3.8) is 0 Å². The molecule has 1 aromatic carbocycles. The number of hydrazone groups is 1. The number of benzene rings is 1. The van der Waals surface area contributed by atoms with E-state index in [0.717, 1.165) is 23.5 Å². The third-order valence-electron chi connectivity index (χ3n) is 3.49. The number of hydrogen-bond donors (Lipinski definition) is 1. The maximum absolute atomic E-state index is 11.1. The second-order valence-electron chi connectivity index (χ2n) is 4.76. The van der Waals surface area contributed by atoms with Crippen LogP contribution in [0.5, 0.6) is 0 Å². The molecule has 2 aliphatic rings. The van der Waals surface area contributed by atoms with Gasteiger partial charge in [0.15, 0.2) is 0 Å². The molecule has 1 N–H and O–H groups in total. The van der Waals surface area contributed by atoms with Crippen LogP contribution in [0.2, 0.25) is 0 Å². The predicted molar refractivity (Wildman–Crippen MR) is 75.7 cm³/mol. The van der Waals surface area contributed by atoms with E-state index in [2.05, 4.69) is 51.6 Å². The Kier molecular flexibility index (Phi) is 3.03. The highest BCUT2D eigenvalue weighted by atomic mass is 16.2. The third-order valence-corrected chi connectivity index (χ3v) is 3.49. The van der Waals surface area contributed by atoms with Crippen molar-refractivity contribution in [2.75, 3.05) is 11.4 Å². The minimum absolute atomic E-state index is 0.0107. The number of anilines is 1. The van der Waals surface area contributed by atoms with E-state index in [1.165, 1.54) is 0 Å². The lowest BCUT2D eigenvalue weighted by Gasteiger charge is -2.22. The molecule has 2 aliphatic heterocycles. The van der Waals surface area contributed by atoms with Crippen LogP contribution in [0, 0.1) is 0 Å². The summed E-state index contributed by atoms with van der Waals surface area (Å²) in [5, 5.41) is 4.10. The molecule has 0 saturated heterocycles. The van der Waals surface area contributed by atoms with Gasteiger partial charge in [0, 0.05) is 24.7 Å². The van der Waals surface area contributed by atoms with Crippen molar-refractivity contribution >= 4 is 23.5 Å². The highest BCUT2D eigenvalue weighted by molar-refractivity contribution is 6.04. The quantitative estimate of drug-likeness (QED) is 0.872. The molecule has 0 fully saturated rings. The van der Waals surface area contributed by atoms with E-state index < -0.39 is 0 Å². The van der Waals surface area contributed by atoms with Gasteiger partial charge in [-0.1, -0.05) is 12.1 Å². The Hall–Kier alpha value is -2.17. The van der Waals surface area contributed by atoms with Gasteiger partial charge in [0.1, 0.15) is 6.17 Å². The maximum Gasteiger partial charge on any atom is 0.240 e. The highest BCUT2D eigenvalue weighted by Gasteiger charge is 2.17. The van der Waals surface area contributed by atoms with Gasteiger partial charge in [-0.05, 0) is 24.6 Å². The molecule has 5 nitrogen and oxygen atoms in total. The van der Waals surface area contributed by atoms with Crippen LogP contribution in [0.1, 0.15) is 25.3 Å². The lowest BCUT2D eigenvalue weighted by Crippen LogP contribution is -2.27. The van der Waals surface area contributed by atoms with Gasteiger partial charge >= 0.3 is 0 Å². The summed E-state index contributed by atoms with van der Waals surface area (Å²) in [6.07, 6.45) is 3.36. The first kappa shape index (κ1) is 11.9. The molecule has 0 aromatic heterocycles. The first-order valence-electron chi connectivity index (χ1n) is 6.48. The molecule has 2 heterocycles. The number of aliphatic imine (C=N–C) groups is 1. The van der Waals surface area contributed by atoms with E-state index in [-0.39, 0.29) is 12.1 Å². The minimum atomic E-state index is -0.0107. The molecule has 19 heavy (non-hydrogen) atoms. The van der Waals surface area contributed by atoms with E-state index in [9.17, 15) is 4.79 Å². The Morgan fingerprint density at radius 3 is 2.63 bits per heavy atom. The number of carbonyl (C=O) groups is 1. The molecular weight excluding hydrogens is 240 g/mol. The van der Waals surface area contributed by atoms with Crippen molar-refractivity contribution in [3.8, 4) is 0 Å². The molecule has 0 radical (unpaired) electrons. The summed E-state index contributed by atoms with van der Waals surface area (Å²) >= 11 is 0. The molecular formula is C14H16N4O. The first-order chi connectivity index (χ1) is 9.24. The van der Waals surface area contributed by atoms with Crippen molar-refractivity contribution in [1.29, 1.82) is 0 Å². The summed E-state index contributed by atoms with van der Waals surface area (Å²) in [5.74, 6) is -0.0107. The van der Waals surface area contributed by atoms with Gasteiger partial charge in [-0.25, -0.2) is 5.43 Å². The van der Waals surface area contributed by atoms with Crippen LogP contribution in [0.15, 0.2) is 34.4 Å². The van der Waals surface area contributed by atoms with Crippen molar-refractivity contribution < 1.29 is 4.79 Å². The fraction of sp³-hybridized carbons (Fsp3) is 0.357. The van der Waals surface area contributed by atoms with Crippen molar-refractivity contribution in [2.24, 2.45) is 10.1 Å². The fourth-order valence-electron chi connectivity index (χ4n) is 2.37. The third kappa shape index (κ3) is 2.36. The molecule has 0 spiro atoms. The zero-order chi connectivity index (χ0) is 13.2. The Balaban J connectivity index is 1.78. The second kappa shape index (κ2) is 4.84. The van der Waals surface area contributed by atoms with Crippen LogP contribution < -0.4 is 10.3 Å². The van der Waals surface area contributed by atoms with Crippen molar-refractivity contribution in [2.45, 2.75) is 25.9 Å². The number of carbonyl (C=O) groups excluding carboxylic acids is 1. The van der Waals surface area contributed by atoms with Crippen molar-refractivity contribution in [3.05, 3.63) is 29.8 Å². The Morgan fingerprint density at radius 1 is 1.26 bits per heavy atom. The molecule has 98 valence electrons. The van der Waals surface area contributed by atoms with Gasteiger partial charge in [-0.15, -0.1) is 0 Å². The monoisotopic (exact) mass is 256 g/mol. The Labute approximate surface area is 112 Å². The molecule has 3 rings (SSSR count). The number of hydrogen-bond acceptors (Lipinski definition) is 4. The van der Waals surface area contributed by atoms with Crippen LogP contribution >= 0.6 is 0 Å². The van der Waals surface area contributed by atoms with Gasteiger partial charge in [-0.2, -0.15) is 5.10 Å². The predicted octanol–water partition coefficient (Wildman–Crippen LogP) is 1.54. The zero-order valence-electron chi connectivity index (χ0n) is 10.8. The molecule has 1 atom stereocenters. The largest absolute Gasteiger partial charge is 0.345 e. The van der Waals surface area contributed by atoms with Gasteiger partial charge in [0.25, 0.3) is 0 Å². The molecule has 1 unspecified atom stereocenters. The molecule has 1 amide bonds. The zero-order valence-corrected chi connectivity index (χ0v) is 10.8. The van der Waals surface area contributed by atoms with E-state index in [1.807, 2.05) is 6.21 Å². The molecule has 0 aliphatic carbocycles. The average molecular weight is 256 g/mol. The van der Waals surface area contributed by atoms with Crippen LogP contribution in [-0.2, 0) is 4.79 Å². The summed E-state index contributed by atoms with van der Waals surface area (Å²) in [6, 6.07) is 8.27. The average Bonchev–Trinajstić information content (AvgIpc) is 2.86. The second-order valence-corrected chi connectivity index (χ2v) is 4.76. The van der Waals surface area contributed by atoms with Crippen LogP contribution in [-0.4, -0.2) is 30.5 Å². The summed E-state index contributed by atoms with van der Waals surface area (Å²) in [7, 11) is 0. The number of nitrogens with one attached hydrogen (secondary N) is 1. The minimum Gasteiger partial charge on any atom is -0.345 e. The van der Waals surface area contributed by atoms with Crippen LogP contribution in [0.25, 0.3) is 0 Å². The summed E-state index contributed by atoms with van der Waals surface area (Å²) in [6.45, 7) is 2.94. The highest BCUT2D eigenvalue weighted by Crippen LogP contribution is 2.21. The van der Waals surface area contributed by atoms with Gasteiger partial charge < -0.3 is 4.90 Å². The van der Waals surface area contributed by atoms with E-state index in [4.69, 9.17) is 0 Å². The standard InChI is InChI=1S/C14H16N4O/c1-10-15-8-9-18(10)12-4-2-11(3-5-12)13-6-7-14(19)17-16-13/h2-5,8,10H,6-7,9H2,1H3,(H,17,19). The number of nitrogens with zero attached hydrogens (tertiary/aromatic N) is 3. The maximum atomic E-state index is 11.1.